The molecule has 1 N–H and O–H groups in total. The molecule has 1 heterocycles. The Balaban J connectivity index is 1.65. The molecule has 1 aliphatic rings. The Morgan fingerprint density at radius 1 is 1.33 bits per heavy atom. The average Bonchev–Trinajstić information content (AvgIpc) is 3.19. The number of aromatic amines is 1. The monoisotopic (exact) mass is 284 g/mol. The van der Waals surface area contributed by atoms with E-state index in [2.05, 4.69) is 25.6 Å². The van der Waals surface area contributed by atoms with Gasteiger partial charge in [0.2, 0.25) is 5.82 Å². The maximum atomic E-state index is 12.0. The third-order valence-corrected chi connectivity index (χ3v) is 3.94. The van der Waals surface area contributed by atoms with Gasteiger partial charge in [-0.3, -0.25) is 4.99 Å². The van der Waals surface area contributed by atoms with E-state index in [-0.39, 0.29) is 5.90 Å². The zero-order valence-corrected chi connectivity index (χ0v) is 11.8. The Bertz CT molecular complexity index is 602. The zero-order chi connectivity index (χ0) is 14.5. The molecule has 6 heteroatoms. The van der Waals surface area contributed by atoms with E-state index >= 15 is 0 Å². The lowest BCUT2D eigenvalue weighted by Crippen LogP contribution is -2.17. The van der Waals surface area contributed by atoms with Crippen molar-refractivity contribution < 1.29 is 5.11 Å². The fraction of sp³-hybridized carbons (Fsp3) is 0.467. The third kappa shape index (κ3) is 3.65. The van der Waals surface area contributed by atoms with Crippen LogP contribution in [0.2, 0.25) is 0 Å². The Labute approximate surface area is 123 Å². The van der Waals surface area contributed by atoms with Gasteiger partial charge in [0.1, 0.15) is 0 Å². The average molecular weight is 284 g/mol. The highest BCUT2D eigenvalue weighted by Gasteiger charge is 2.13. The maximum absolute atomic E-state index is 12.0. The van der Waals surface area contributed by atoms with E-state index < -0.39 is 0 Å². The van der Waals surface area contributed by atoms with Crippen LogP contribution in [0.15, 0.2) is 29.3 Å². The van der Waals surface area contributed by atoms with E-state index in [9.17, 15) is 5.11 Å². The SMILES string of the molecule is [O-]C(CCC1CCCC1)=Nc1cccc(-c2nn[nH]n2)c1. The number of nitrogens with zero attached hydrogens (tertiary/aromatic N) is 4. The Morgan fingerprint density at radius 3 is 2.95 bits per heavy atom. The van der Waals surface area contributed by atoms with Crippen LogP contribution in [-0.4, -0.2) is 26.5 Å². The standard InChI is InChI=1S/C15H19N5O/c21-14(9-8-11-4-1-2-5-11)16-13-7-3-6-12(10-13)15-17-19-20-18-15/h3,6-7,10-11H,1-2,4-5,8-9H2,(H,16,21)(H,17,18,19,20)/p-1. The molecule has 0 atom stereocenters. The molecule has 3 rings (SSSR count). The van der Waals surface area contributed by atoms with Crippen molar-refractivity contribution in [1.29, 1.82) is 0 Å². The molecular weight excluding hydrogens is 266 g/mol. The molecule has 0 aliphatic heterocycles. The van der Waals surface area contributed by atoms with E-state index in [0.717, 1.165) is 17.9 Å². The topological polar surface area (TPSA) is 89.9 Å². The fourth-order valence-corrected chi connectivity index (χ4v) is 2.83. The predicted octanol–water partition coefficient (Wildman–Crippen LogP) is 2.23. The van der Waals surface area contributed by atoms with Gasteiger partial charge in [-0.1, -0.05) is 37.8 Å². The van der Waals surface area contributed by atoms with Crippen LogP contribution < -0.4 is 5.11 Å². The summed E-state index contributed by atoms with van der Waals surface area (Å²) in [6.07, 6.45) is 6.65. The van der Waals surface area contributed by atoms with Gasteiger partial charge in [0.15, 0.2) is 0 Å². The highest BCUT2D eigenvalue weighted by Crippen LogP contribution is 2.28. The second-order valence-electron chi connectivity index (χ2n) is 5.48. The van der Waals surface area contributed by atoms with Crippen molar-refractivity contribution in [2.45, 2.75) is 38.5 Å². The highest BCUT2D eigenvalue weighted by molar-refractivity contribution is 5.76. The van der Waals surface area contributed by atoms with Crippen molar-refractivity contribution >= 4 is 11.6 Å². The maximum Gasteiger partial charge on any atom is 0.204 e. The minimum atomic E-state index is -0.0489. The van der Waals surface area contributed by atoms with Crippen molar-refractivity contribution in [2.75, 3.05) is 0 Å². The number of hydrogen-bond donors (Lipinski definition) is 1. The van der Waals surface area contributed by atoms with Crippen LogP contribution in [0, 0.1) is 5.92 Å². The Kier molecular flexibility index (Phi) is 4.23. The number of aromatic nitrogens is 4. The lowest BCUT2D eigenvalue weighted by molar-refractivity contribution is -0.218. The molecule has 1 aliphatic carbocycles. The number of tetrazole rings is 1. The van der Waals surface area contributed by atoms with E-state index in [1.165, 1.54) is 25.7 Å². The van der Waals surface area contributed by atoms with Crippen molar-refractivity contribution in [3.63, 3.8) is 0 Å². The first-order chi connectivity index (χ1) is 10.3. The van der Waals surface area contributed by atoms with Gasteiger partial charge in [-0.05, 0) is 42.0 Å². The largest absolute Gasteiger partial charge is 0.862 e. The Morgan fingerprint density at radius 2 is 2.19 bits per heavy atom. The molecule has 1 fully saturated rings. The summed E-state index contributed by atoms with van der Waals surface area (Å²) < 4.78 is 0. The summed E-state index contributed by atoms with van der Waals surface area (Å²) in [5.41, 5.74) is 1.45. The lowest BCUT2D eigenvalue weighted by atomic mass is 10.0. The van der Waals surface area contributed by atoms with Crippen molar-refractivity contribution in [3.8, 4) is 11.4 Å². The van der Waals surface area contributed by atoms with E-state index in [0.29, 0.717) is 17.9 Å². The molecule has 1 aromatic heterocycles. The summed E-state index contributed by atoms with van der Waals surface area (Å²) in [4.78, 5) is 4.17. The van der Waals surface area contributed by atoms with Gasteiger partial charge in [0.05, 0.1) is 5.69 Å². The van der Waals surface area contributed by atoms with Gasteiger partial charge in [-0.2, -0.15) is 5.21 Å². The van der Waals surface area contributed by atoms with Gasteiger partial charge in [-0.15, -0.1) is 10.2 Å². The molecule has 0 unspecified atom stereocenters. The van der Waals surface area contributed by atoms with Gasteiger partial charge >= 0.3 is 0 Å². The second kappa shape index (κ2) is 6.47. The summed E-state index contributed by atoms with van der Waals surface area (Å²) in [5, 5.41) is 25.7. The molecule has 110 valence electrons. The van der Waals surface area contributed by atoms with Crippen LogP contribution in [0.5, 0.6) is 0 Å². The van der Waals surface area contributed by atoms with Gasteiger partial charge in [0, 0.05) is 5.56 Å². The van der Waals surface area contributed by atoms with Crippen molar-refractivity contribution in [2.24, 2.45) is 10.9 Å². The Hall–Kier alpha value is -2.24. The first-order valence-corrected chi connectivity index (χ1v) is 7.40. The fourth-order valence-electron chi connectivity index (χ4n) is 2.83. The van der Waals surface area contributed by atoms with Crippen molar-refractivity contribution in [3.05, 3.63) is 24.3 Å². The van der Waals surface area contributed by atoms with Crippen LogP contribution in [0.3, 0.4) is 0 Å². The van der Waals surface area contributed by atoms with Crippen LogP contribution in [0.1, 0.15) is 38.5 Å². The van der Waals surface area contributed by atoms with Gasteiger partial charge in [0.25, 0.3) is 0 Å². The molecule has 0 bridgehead atoms. The summed E-state index contributed by atoms with van der Waals surface area (Å²) in [7, 11) is 0. The quantitative estimate of drug-likeness (QED) is 0.673. The smallest absolute Gasteiger partial charge is 0.204 e. The molecule has 6 nitrogen and oxygen atoms in total. The first kappa shape index (κ1) is 13.7. The first-order valence-electron chi connectivity index (χ1n) is 7.40. The van der Waals surface area contributed by atoms with Crippen LogP contribution in [0.4, 0.5) is 5.69 Å². The van der Waals surface area contributed by atoms with Gasteiger partial charge in [-0.25, -0.2) is 0 Å². The van der Waals surface area contributed by atoms with E-state index in [1.54, 1.807) is 6.07 Å². The number of aliphatic imine (C=N–C) groups is 1. The molecule has 1 aromatic carbocycles. The van der Waals surface area contributed by atoms with Crippen LogP contribution >= 0.6 is 0 Å². The lowest BCUT2D eigenvalue weighted by Gasteiger charge is -2.14. The number of benzene rings is 1. The molecule has 0 spiro atoms. The number of nitrogens with one attached hydrogen (secondary N) is 1. The van der Waals surface area contributed by atoms with E-state index in [1.807, 2.05) is 18.2 Å². The molecule has 21 heavy (non-hydrogen) atoms. The summed E-state index contributed by atoms with van der Waals surface area (Å²) in [6.45, 7) is 0. The van der Waals surface area contributed by atoms with Gasteiger partial charge < -0.3 is 5.11 Å². The zero-order valence-electron chi connectivity index (χ0n) is 11.8. The number of hydrogen-bond acceptors (Lipinski definition) is 5. The minimum Gasteiger partial charge on any atom is -0.862 e. The van der Waals surface area contributed by atoms with Crippen LogP contribution in [0.25, 0.3) is 11.4 Å². The molecule has 0 radical (unpaired) electrons. The second-order valence-corrected chi connectivity index (χ2v) is 5.48. The van der Waals surface area contributed by atoms with Crippen molar-refractivity contribution in [1.82, 2.24) is 20.6 Å². The molecule has 0 saturated heterocycles. The third-order valence-electron chi connectivity index (χ3n) is 3.94. The normalized spacial score (nSPS) is 16.5. The summed E-state index contributed by atoms with van der Waals surface area (Å²) in [6, 6.07) is 7.33. The predicted molar refractivity (Wildman–Crippen MR) is 77.9 cm³/mol. The highest BCUT2D eigenvalue weighted by atomic mass is 16.3. The molecular formula is C15H18N5O-. The molecule has 0 amide bonds. The summed E-state index contributed by atoms with van der Waals surface area (Å²) >= 11 is 0. The number of H-pyrrole nitrogens is 1. The molecule has 1 saturated carbocycles. The molecule has 2 aromatic rings. The van der Waals surface area contributed by atoms with Crippen LogP contribution in [-0.2, 0) is 0 Å². The summed E-state index contributed by atoms with van der Waals surface area (Å²) in [5.74, 6) is 1.17. The number of rotatable bonds is 5. The minimum absolute atomic E-state index is 0.0489. The van der Waals surface area contributed by atoms with E-state index in [4.69, 9.17) is 0 Å².